The van der Waals surface area contributed by atoms with Crippen LogP contribution in [0.3, 0.4) is 0 Å². The SMILES string of the molecule is CC[C@H](C)Oc1c(Br)cc(C=Nn2c([C@@H](C)CC)nc3ccc(Br)cc3c2=O)cc1[N+](=O)[O-]. The average molecular weight is 580 g/mol. The Morgan fingerprint density at radius 2 is 1.94 bits per heavy atom. The molecule has 8 nitrogen and oxygen atoms in total. The molecule has 0 bridgehead atoms. The van der Waals surface area contributed by atoms with Gasteiger partial charge in [-0.25, -0.2) is 4.98 Å². The molecule has 3 rings (SSSR count). The molecule has 33 heavy (non-hydrogen) atoms. The predicted octanol–water partition coefficient (Wildman–Crippen LogP) is 6.40. The topological polar surface area (TPSA) is 99.6 Å². The summed E-state index contributed by atoms with van der Waals surface area (Å²) >= 11 is 6.77. The first-order valence-corrected chi connectivity index (χ1v) is 12.2. The van der Waals surface area contributed by atoms with Gasteiger partial charge in [0.2, 0.25) is 5.75 Å². The van der Waals surface area contributed by atoms with Crippen LogP contribution in [-0.2, 0) is 0 Å². The number of hydrogen-bond acceptors (Lipinski definition) is 6. The summed E-state index contributed by atoms with van der Waals surface area (Å²) < 4.78 is 8.22. The maximum absolute atomic E-state index is 13.2. The highest BCUT2D eigenvalue weighted by Gasteiger charge is 2.22. The Labute approximate surface area is 208 Å². The molecule has 0 aliphatic rings. The smallest absolute Gasteiger partial charge is 0.312 e. The molecular weight excluding hydrogens is 556 g/mol. The molecule has 0 aliphatic heterocycles. The van der Waals surface area contributed by atoms with Crippen molar-refractivity contribution in [3.8, 4) is 5.75 Å². The van der Waals surface area contributed by atoms with Gasteiger partial charge < -0.3 is 4.74 Å². The Bertz CT molecular complexity index is 1290. The number of rotatable bonds is 8. The fraction of sp³-hybridized carbons (Fsp3) is 0.348. The molecule has 174 valence electrons. The number of benzene rings is 2. The molecule has 10 heteroatoms. The largest absolute Gasteiger partial charge is 0.483 e. The maximum Gasteiger partial charge on any atom is 0.312 e. The Kier molecular flexibility index (Phi) is 8.01. The van der Waals surface area contributed by atoms with Crippen molar-refractivity contribution in [1.29, 1.82) is 0 Å². The van der Waals surface area contributed by atoms with E-state index >= 15 is 0 Å². The van der Waals surface area contributed by atoms with Gasteiger partial charge in [0.15, 0.2) is 0 Å². The quantitative estimate of drug-likeness (QED) is 0.174. The Balaban J connectivity index is 2.14. The molecule has 2 aromatic carbocycles. The maximum atomic E-state index is 13.2. The number of nitrogens with zero attached hydrogens (tertiary/aromatic N) is 4. The van der Waals surface area contributed by atoms with Gasteiger partial charge in [0.05, 0.1) is 32.6 Å². The third-order valence-corrected chi connectivity index (χ3v) is 6.43. The second-order valence-electron chi connectivity index (χ2n) is 7.75. The van der Waals surface area contributed by atoms with Crippen LogP contribution in [0.15, 0.2) is 49.2 Å². The number of aromatic nitrogens is 2. The minimum atomic E-state index is -0.494. The van der Waals surface area contributed by atoms with E-state index < -0.39 is 4.92 Å². The molecule has 0 fully saturated rings. The zero-order chi connectivity index (χ0) is 24.3. The van der Waals surface area contributed by atoms with E-state index in [9.17, 15) is 14.9 Å². The average Bonchev–Trinajstić information content (AvgIpc) is 2.79. The van der Waals surface area contributed by atoms with E-state index in [-0.39, 0.29) is 29.0 Å². The second kappa shape index (κ2) is 10.6. The highest BCUT2D eigenvalue weighted by atomic mass is 79.9. The van der Waals surface area contributed by atoms with Crippen LogP contribution in [0.25, 0.3) is 10.9 Å². The van der Waals surface area contributed by atoms with Crippen LogP contribution in [-0.4, -0.2) is 26.9 Å². The first kappa shape index (κ1) is 25.0. The number of nitro benzene ring substituents is 1. The summed E-state index contributed by atoms with van der Waals surface area (Å²) in [5.74, 6) is 0.676. The van der Waals surface area contributed by atoms with Crippen LogP contribution in [0.2, 0.25) is 0 Å². The summed E-state index contributed by atoms with van der Waals surface area (Å²) in [6, 6.07) is 8.39. The first-order valence-electron chi connectivity index (χ1n) is 10.6. The van der Waals surface area contributed by atoms with Crippen LogP contribution in [0, 0.1) is 10.1 Å². The van der Waals surface area contributed by atoms with E-state index in [1.807, 2.05) is 33.8 Å². The predicted molar refractivity (Wildman–Crippen MR) is 137 cm³/mol. The summed E-state index contributed by atoms with van der Waals surface area (Å²) in [7, 11) is 0. The van der Waals surface area contributed by atoms with Crippen LogP contribution in [0.1, 0.15) is 57.8 Å². The van der Waals surface area contributed by atoms with Crippen molar-refractivity contribution in [3.63, 3.8) is 0 Å². The second-order valence-corrected chi connectivity index (χ2v) is 9.52. The van der Waals surface area contributed by atoms with E-state index in [4.69, 9.17) is 4.74 Å². The van der Waals surface area contributed by atoms with E-state index in [1.54, 1.807) is 18.2 Å². The summed E-state index contributed by atoms with van der Waals surface area (Å²) in [4.78, 5) is 29.1. The molecule has 0 unspecified atom stereocenters. The number of hydrogen-bond donors (Lipinski definition) is 0. The molecule has 1 aromatic heterocycles. The lowest BCUT2D eigenvalue weighted by atomic mass is 10.1. The van der Waals surface area contributed by atoms with Gasteiger partial charge in [-0.05, 0) is 60.0 Å². The molecule has 0 saturated carbocycles. The lowest BCUT2D eigenvalue weighted by molar-refractivity contribution is -0.386. The van der Waals surface area contributed by atoms with Gasteiger partial charge in [0.25, 0.3) is 5.56 Å². The molecule has 0 N–H and O–H groups in total. The molecule has 0 spiro atoms. The first-order chi connectivity index (χ1) is 15.7. The van der Waals surface area contributed by atoms with Gasteiger partial charge >= 0.3 is 5.69 Å². The number of halogens is 2. The van der Waals surface area contributed by atoms with Crippen LogP contribution in [0.4, 0.5) is 5.69 Å². The van der Waals surface area contributed by atoms with Crippen LogP contribution in [0.5, 0.6) is 5.75 Å². The highest BCUT2D eigenvalue weighted by Crippen LogP contribution is 2.37. The van der Waals surface area contributed by atoms with Crippen LogP contribution >= 0.6 is 31.9 Å². The van der Waals surface area contributed by atoms with Crippen molar-refractivity contribution in [3.05, 3.63) is 71.1 Å². The molecule has 0 aliphatic carbocycles. The third kappa shape index (κ3) is 5.50. The Morgan fingerprint density at radius 3 is 2.58 bits per heavy atom. The van der Waals surface area contributed by atoms with Crippen molar-refractivity contribution in [1.82, 2.24) is 9.66 Å². The van der Waals surface area contributed by atoms with Crippen LogP contribution < -0.4 is 10.3 Å². The molecule has 0 amide bonds. The number of ether oxygens (including phenoxy) is 1. The zero-order valence-electron chi connectivity index (χ0n) is 18.7. The zero-order valence-corrected chi connectivity index (χ0v) is 21.9. The van der Waals surface area contributed by atoms with Gasteiger partial charge in [-0.2, -0.15) is 9.78 Å². The van der Waals surface area contributed by atoms with Crippen molar-refractivity contribution >= 4 is 54.7 Å². The van der Waals surface area contributed by atoms with E-state index in [1.165, 1.54) is 17.0 Å². The number of nitro groups is 1. The minimum Gasteiger partial charge on any atom is -0.483 e. The summed E-state index contributed by atoms with van der Waals surface area (Å²) in [6.45, 7) is 7.77. The normalized spacial score (nSPS) is 13.4. The van der Waals surface area contributed by atoms with E-state index in [0.29, 0.717) is 33.2 Å². The van der Waals surface area contributed by atoms with Gasteiger partial charge in [0.1, 0.15) is 5.82 Å². The molecule has 0 saturated heterocycles. The summed E-state index contributed by atoms with van der Waals surface area (Å²) in [5, 5.41) is 16.5. The van der Waals surface area contributed by atoms with Gasteiger partial charge in [-0.3, -0.25) is 14.9 Å². The van der Waals surface area contributed by atoms with Crippen molar-refractivity contribution in [2.75, 3.05) is 0 Å². The monoisotopic (exact) mass is 578 g/mol. The van der Waals surface area contributed by atoms with Gasteiger partial charge in [0, 0.05) is 22.0 Å². The molecule has 3 aromatic rings. The standard InChI is InChI=1S/C23H24Br2N4O4/c1-5-13(3)22-27-19-8-7-16(24)11-17(19)23(30)28(22)26-12-15-9-18(25)21(33-14(4)6-2)20(10-15)29(31)32/h7-14H,5-6H2,1-4H3/t13-,14-/m0/s1. The van der Waals surface area contributed by atoms with Gasteiger partial charge in [-0.1, -0.05) is 36.7 Å². The van der Waals surface area contributed by atoms with Crippen molar-refractivity contribution in [2.45, 2.75) is 52.6 Å². The fourth-order valence-electron chi connectivity index (χ4n) is 3.11. The van der Waals surface area contributed by atoms with E-state index in [0.717, 1.165) is 10.9 Å². The van der Waals surface area contributed by atoms with Crippen molar-refractivity contribution < 1.29 is 9.66 Å². The lowest BCUT2D eigenvalue weighted by Crippen LogP contribution is -2.23. The highest BCUT2D eigenvalue weighted by molar-refractivity contribution is 9.10. The minimum absolute atomic E-state index is 0.0183. The van der Waals surface area contributed by atoms with Gasteiger partial charge in [-0.15, -0.1) is 0 Å². The Morgan fingerprint density at radius 1 is 1.21 bits per heavy atom. The molecule has 2 atom stereocenters. The lowest BCUT2D eigenvalue weighted by Gasteiger charge is -2.15. The molecule has 1 heterocycles. The third-order valence-electron chi connectivity index (χ3n) is 5.35. The summed E-state index contributed by atoms with van der Waals surface area (Å²) in [5.41, 5.74) is 0.552. The van der Waals surface area contributed by atoms with E-state index in [2.05, 4.69) is 41.9 Å². The summed E-state index contributed by atoms with van der Waals surface area (Å²) in [6.07, 6.45) is 2.71. The van der Waals surface area contributed by atoms with Crippen molar-refractivity contribution in [2.24, 2.45) is 5.10 Å². The molecule has 0 radical (unpaired) electrons. The molecular formula is C23H24Br2N4O4. The fourth-order valence-corrected chi connectivity index (χ4v) is 4.04. The number of fused-ring (bicyclic) bond motifs is 1. The Hall–Kier alpha value is -2.59.